The van der Waals surface area contributed by atoms with Crippen molar-refractivity contribution in [2.45, 2.75) is 54.0 Å². The summed E-state index contributed by atoms with van der Waals surface area (Å²) in [6.45, 7) is 12.6. The molecule has 5 heteroatoms. The third kappa shape index (κ3) is 4.00. The van der Waals surface area contributed by atoms with E-state index in [1.807, 2.05) is 63.8 Å². The molecular weight excluding hydrogens is 364 g/mol. The van der Waals surface area contributed by atoms with Crippen molar-refractivity contribution < 1.29 is 14.3 Å². The maximum Gasteiger partial charge on any atom is 0.414 e. The molecule has 2 aromatic rings. The lowest BCUT2D eigenvalue weighted by Crippen LogP contribution is -2.53. The van der Waals surface area contributed by atoms with Gasteiger partial charge in [-0.3, -0.25) is 9.69 Å². The Morgan fingerprint density at radius 1 is 0.931 bits per heavy atom. The van der Waals surface area contributed by atoms with Crippen LogP contribution in [0.1, 0.15) is 52.9 Å². The van der Waals surface area contributed by atoms with Gasteiger partial charge in [0, 0.05) is 12.1 Å². The van der Waals surface area contributed by atoms with E-state index in [1.54, 1.807) is 11.8 Å². The molecule has 1 unspecified atom stereocenters. The first-order valence-corrected chi connectivity index (χ1v) is 10.2. The van der Waals surface area contributed by atoms with Crippen LogP contribution in [0.25, 0.3) is 0 Å². The number of aryl methyl sites for hydroxylation is 4. The number of carbonyl (C=O) groups excluding carboxylic acids is 2. The molecule has 1 heterocycles. The number of hydrogen-bond donors (Lipinski definition) is 0. The standard InChI is InChI=1S/C24H30N2O3/c1-7-20-14-25(23(27)19-10-15(3)9-16(4)11-19)21-12-17(5)18(6)13-22(21)26(20)24(28)29-8-2/h9-13,20H,7-8,14H2,1-6H3. The van der Waals surface area contributed by atoms with Crippen LogP contribution in [0.2, 0.25) is 0 Å². The number of rotatable bonds is 3. The van der Waals surface area contributed by atoms with E-state index in [0.717, 1.165) is 40.0 Å². The molecule has 0 N–H and O–H groups in total. The zero-order chi connectivity index (χ0) is 21.3. The Balaban J connectivity index is 2.14. The van der Waals surface area contributed by atoms with Crippen molar-refractivity contribution in [3.8, 4) is 0 Å². The van der Waals surface area contributed by atoms with E-state index in [0.29, 0.717) is 18.7 Å². The van der Waals surface area contributed by atoms with Gasteiger partial charge < -0.3 is 9.64 Å². The van der Waals surface area contributed by atoms with E-state index in [9.17, 15) is 9.59 Å². The predicted octanol–water partition coefficient (Wildman–Crippen LogP) is 5.32. The van der Waals surface area contributed by atoms with Crippen LogP contribution in [-0.4, -0.2) is 31.2 Å². The van der Waals surface area contributed by atoms with E-state index in [4.69, 9.17) is 4.74 Å². The molecule has 2 aromatic carbocycles. The lowest BCUT2D eigenvalue weighted by Gasteiger charge is -2.42. The number of benzene rings is 2. The average molecular weight is 395 g/mol. The van der Waals surface area contributed by atoms with Crippen LogP contribution in [-0.2, 0) is 4.74 Å². The molecule has 2 amide bonds. The monoisotopic (exact) mass is 394 g/mol. The molecular formula is C24H30N2O3. The number of carbonyl (C=O) groups is 2. The van der Waals surface area contributed by atoms with Crippen LogP contribution in [0.4, 0.5) is 16.2 Å². The molecule has 0 aromatic heterocycles. The summed E-state index contributed by atoms with van der Waals surface area (Å²) in [6.07, 6.45) is 0.365. The first kappa shape index (κ1) is 20.9. The quantitative estimate of drug-likeness (QED) is 0.708. The molecule has 0 radical (unpaired) electrons. The maximum absolute atomic E-state index is 13.5. The molecule has 0 aliphatic carbocycles. The first-order valence-electron chi connectivity index (χ1n) is 10.2. The molecule has 29 heavy (non-hydrogen) atoms. The van der Waals surface area contributed by atoms with Crippen molar-refractivity contribution in [2.24, 2.45) is 0 Å². The van der Waals surface area contributed by atoms with Crippen LogP contribution in [0, 0.1) is 27.7 Å². The second-order valence-electron chi connectivity index (χ2n) is 7.85. The van der Waals surface area contributed by atoms with Gasteiger partial charge in [-0.05, 0) is 76.4 Å². The van der Waals surface area contributed by atoms with Crippen molar-refractivity contribution in [3.05, 3.63) is 58.1 Å². The first-order chi connectivity index (χ1) is 13.8. The molecule has 0 saturated carbocycles. The van der Waals surface area contributed by atoms with Crippen LogP contribution in [0.15, 0.2) is 30.3 Å². The predicted molar refractivity (Wildman–Crippen MR) is 117 cm³/mol. The summed E-state index contributed by atoms with van der Waals surface area (Å²) in [7, 11) is 0. The highest BCUT2D eigenvalue weighted by Gasteiger charge is 2.37. The minimum Gasteiger partial charge on any atom is -0.449 e. The zero-order valence-electron chi connectivity index (χ0n) is 18.2. The van der Waals surface area contributed by atoms with E-state index >= 15 is 0 Å². The van der Waals surface area contributed by atoms with Gasteiger partial charge in [0.1, 0.15) is 0 Å². The van der Waals surface area contributed by atoms with Crippen molar-refractivity contribution in [2.75, 3.05) is 23.0 Å². The molecule has 154 valence electrons. The molecule has 1 aliphatic heterocycles. The summed E-state index contributed by atoms with van der Waals surface area (Å²) < 4.78 is 5.34. The third-order valence-electron chi connectivity index (χ3n) is 5.55. The Bertz CT molecular complexity index is 931. The number of hydrogen-bond acceptors (Lipinski definition) is 3. The van der Waals surface area contributed by atoms with Gasteiger partial charge in [0.25, 0.3) is 5.91 Å². The van der Waals surface area contributed by atoms with E-state index in [1.165, 1.54) is 0 Å². The molecule has 3 rings (SSSR count). The third-order valence-corrected chi connectivity index (χ3v) is 5.55. The lowest BCUT2D eigenvalue weighted by molar-refractivity contribution is 0.0981. The summed E-state index contributed by atoms with van der Waals surface area (Å²) in [5.41, 5.74) is 6.45. The Labute approximate surface area is 173 Å². The van der Waals surface area contributed by atoms with E-state index in [2.05, 4.69) is 6.07 Å². The SMILES string of the molecule is CCOC(=O)N1c2cc(C)c(C)cc2N(C(=O)c2cc(C)cc(C)c2)CC1CC. The zero-order valence-corrected chi connectivity index (χ0v) is 18.2. The largest absolute Gasteiger partial charge is 0.449 e. The normalized spacial score (nSPS) is 15.9. The highest BCUT2D eigenvalue weighted by molar-refractivity contribution is 6.10. The van der Waals surface area contributed by atoms with Gasteiger partial charge in [-0.2, -0.15) is 0 Å². The van der Waals surface area contributed by atoms with Crippen LogP contribution in [0.3, 0.4) is 0 Å². The molecule has 0 bridgehead atoms. The summed E-state index contributed by atoms with van der Waals surface area (Å²) >= 11 is 0. The van der Waals surface area contributed by atoms with Gasteiger partial charge in [-0.25, -0.2) is 4.79 Å². The van der Waals surface area contributed by atoms with Gasteiger partial charge in [-0.1, -0.05) is 24.1 Å². The van der Waals surface area contributed by atoms with E-state index < -0.39 is 0 Å². The number of anilines is 2. The minimum absolute atomic E-state index is 0.0386. The number of amides is 2. The highest BCUT2D eigenvalue weighted by atomic mass is 16.6. The fourth-order valence-corrected chi connectivity index (χ4v) is 3.98. The van der Waals surface area contributed by atoms with Crippen LogP contribution in [0.5, 0.6) is 0 Å². The van der Waals surface area contributed by atoms with E-state index in [-0.39, 0.29) is 18.0 Å². The number of nitrogens with zero attached hydrogens (tertiary/aromatic N) is 2. The fraction of sp³-hybridized carbons (Fsp3) is 0.417. The molecule has 5 nitrogen and oxygen atoms in total. The minimum atomic E-state index is -0.359. The second-order valence-corrected chi connectivity index (χ2v) is 7.85. The smallest absolute Gasteiger partial charge is 0.414 e. The van der Waals surface area contributed by atoms with Crippen LogP contribution >= 0.6 is 0 Å². The van der Waals surface area contributed by atoms with Crippen molar-refractivity contribution in [1.29, 1.82) is 0 Å². The second kappa shape index (κ2) is 8.27. The van der Waals surface area contributed by atoms with Crippen molar-refractivity contribution in [3.63, 3.8) is 0 Å². The van der Waals surface area contributed by atoms with Crippen LogP contribution < -0.4 is 9.80 Å². The Kier molecular flexibility index (Phi) is 5.96. The summed E-state index contributed by atoms with van der Waals surface area (Å²) in [6, 6.07) is 9.77. The Morgan fingerprint density at radius 3 is 2.07 bits per heavy atom. The molecule has 1 aliphatic rings. The topological polar surface area (TPSA) is 49.9 Å². The number of ether oxygens (including phenoxy) is 1. The maximum atomic E-state index is 13.5. The molecule has 1 atom stereocenters. The van der Waals surface area contributed by atoms with Crippen molar-refractivity contribution in [1.82, 2.24) is 0 Å². The molecule has 0 saturated heterocycles. The average Bonchev–Trinajstić information content (AvgIpc) is 2.66. The Hall–Kier alpha value is -2.82. The van der Waals surface area contributed by atoms with Gasteiger partial charge in [-0.15, -0.1) is 0 Å². The lowest BCUT2D eigenvalue weighted by atomic mass is 9.99. The van der Waals surface area contributed by atoms with Gasteiger partial charge >= 0.3 is 6.09 Å². The van der Waals surface area contributed by atoms with Gasteiger partial charge in [0.2, 0.25) is 0 Å². The van der Waals surface area contributed by atoms with Gasteiger partial charge in [0.05, 0.1) is 24.0 Å². The fourth-order valence-electron chi connectivity index (χ4n) is 3.98. The summed E-state index contributed by atoms with van der Waals surface area (Å²) in [5.74, 6) is -0.0386. The summed E-state index contributed by atoms with van der Waals surface area (Å²) in [5, 5.41) is 0. The Morgan fingerprint density at radius 2 is 1.52 bits per heavy atom. The summed E-state index contributed by atoms with van der Waals surface area (Å²) in [4.78, 5) is 29.8. The highest BCUT2D eigenvalue weighted by Crippen LogP contribution is 2.39. The molecule has 0 fully saturated rings. The molecule has 0 spiro atoms. The number of fused-ring (bicyclic) bond motifs is 1. The van der Waals surface area contributed by atoms with Crippen molar-refractivity contribution >= 4 is 23.4 Å². The van der Waals surface area contributed by atoms with Gasteiger partial charge in [0.15, 0.2) is 0 Å².